The summed E-state index contributed by atoms with van der Waals surface area (Å²) in [6.07, 6.45) is 3.76. The molecule has 2 fully saturated rings. The van der Waals surface area contributed by atoms with Crippen molar-refractivity contribution in [2.24, 2.45) is 5.92 Å². The number of hydrogen-bond acceptors (Lipinski definition) is 5. The van der Waals surface area contributed by atoms with E-state index in [1.807, 2.05) is 32.6 Å². The Morgan fingerprint density at radius 3 is 2.46 bits per heavy atom. The molecule has 1 atom stereocenters. The number of carbonyl (C=O) groups is 2. The van der Waals surface area contributed by atoms with E-state index in [9.17, 15) is 9.59 Å². The Morgan fingerprint density at radius 1 is 1.11 bits per heavy atom. The maximum Gasteiger partial charge on any atom is 0.233 e. The summed E-state index contributed by atoms with van der Waals surface area (Å²) in [4.78, 5) is 28.5. The minimum Gasteiger partial charge on any atom is -0.339 e. The highest BCUT2D eigenvalue weighted by atomic mass is 32.2. The van der Waals surface area contributed by atoms with Crippen molar-refractivity contribution in [1.29, 1.82) is 0 Å². The van der Waals surface area contributed by atoms with Crippen molar-refractivity contribution >= 4 is 23.6 Å². The third-order valence-corrected chi connectivity index (χ3v) is 6.38. The molecule has 0 radical (unpaired) electrons. The summed E-state index contributed by atoms with van der Waals surface area (Å²) in [6.45, 7) is 4.62. The summed E-state index contributed by atoms with van der Waals surface area (Å²) in [6, 6.07) is 10.3. The standard InChI is InChI=1S/C20H25N5O2S/c1-15(16-5-3-2-4-6-16)25-14-21-22-20(25)28-13-18(26)23-9-11-24(12-10-23)19(27)17-7-8-17/h2-6,14-15,17H,7-13H2,1H3. The smallest absolute Gasteiger partial charge is 0.233 e. The third kappa shape index (κ3) is 4.22. The van der Waals surface area contributed by atoms with Crippen LogP contribution in [0, 0.1) is 5.92 Å². The van der Waals surface area contributed by atoms with E-state index in [1.54, 1.807) is 6.33 Å². The van der Waals surface area contributed by atoms with Gasteiger partial charge in [0.25, 0.3) is 0 Å². The fourth-order valence-corrected chi connectivity index (χ4v) is 4.37. The zero-order chi connectivity index (χ0) is 19.5. The van der Waals surface area contributed by atoms with Gasteiger partial charge in [-0.05, 0) is 25.3 Å². The summed E-state index contributed by atoms with van der Waals surface area (Å²) in [5, 5.41) is 8.97. The summed E-state index contributed by atoms with van der Waals surface area (Å²) in [5.74, 6) is 0.933. The Labute approximate surface area is 169 Å². The largest absolute Gasteiger partial charge is 0.339 e. The van der Waals surface area contributed by atoms with Crippen LogP contribution in [0.5, 0.6) is 0 Å². The molecule has 4 rings (SSSR count). The molecule has 1 saturated heterocycles. The number of hydrogen-bond donors (Lipinski definition) is 0. The SMILES string of the molecule is CC(c1ccccc1)n1cnnc1SCC(=O)N1CCN(C(=O)C2CC2)CC1. The minimum atomic E-state index is 0.0884. The first-order valence-corrected chi connectivity index (χ1v) is 10.8. The van der Waals surface area contributed by atoms with Crippen LogP contribution >= 0.6 is 11.8 Å². The number of benzene rings is 1. The van der Waals surface area contributed by atoms with Crippen molar-refractivity contribution in [3.8, 4) is 0 Å². The quantitative estimate of drug-likeness (QED) is 0.696. The molecule has 1 aliphatic carbocycles. The zero-order valence-electron chi connectivity index (χ0n) is 16.0. The maximum absolute atomic E-state index is 12.6. The number of amides is 2. The molecule has 1 saturated carbocycles. The Morgan fingerprint density at radius 2 is 1.79 bits per heavy atom. The highest BCUT2D eigenvalue weighted by molar-refractivity contribution is 7.99. The van der Waals surface area contributed by atoms with E-state index in [2.05, 4.69) is 29.3 Å². The average molecular weight is 400 g/mol. The van der Waals surface area contributed by atoms with Gasteiger partial charge in [0.2, 0.25) is 11.8 Å². The highest BCUT2D eigenvalue weighted by Gasteiger charge is 2.35. The van der Waals surface area contributed by atoms with Crippen LogP contribution in [0.25, 0.3) is 0 Å². The highest BCUT2D eigenvalue weighted by Crippen LogP contribution is 2.31. The molecule has 0 N–H and O–H groups in total. The first kappa shape index (κ1) is 19.0. The van der Waals surface area contributed by atoms with Crippen LogP contribution in [0.2, 0.25) is 0 Å². The van der Waals surface area contributed by atoms with Crippen molar-refractivity contribution in [3.63, 3.8) is 0 Å². The topological polar surface area (TPSA) is 71.3 Å². The predicted molar refractivity (Wildman–Crippen MR) is 107 cm³/mol. The Kier molecular flexibility index (Phi) is 5.66. The van der Waals surface area contributed by atoms with Gasteiger partial charge in [-0.25, -0.2) is 0 Å². The van der Waals surface area contributed by atoms with Gasteiger partial charge in [-0.1, -0.05) is 42.1 Å². The van der Waals surface area contributed by atoms with E-state index in [0.717, 1.165) is 18.0 Å². The fraction of sp³-hybridized carbons (Fsp3) is 0.500. The van der Waals surface area contributed by atoms with E-state index in [0.29, 0.717) is 31.9 Å². The van der Waals surface area contributed by atoms with Crippen molar-refractivity contribution in [2.45, 2.75) is 31.0 Å². The van der Waals surface area contributed by atoms with Crippen molar-refractivity contribution in [1.82, 2.24) is 24.6 Å². The summed E-state index contributed by atoms with van der Waals surface area (Å²) < 4.78 is 2.00. The van der Waals surface area contributed by atoms with E-state index in [4.69, 9.17) is 0 Å². The van der Waals surface area contributed by atoms with Gasteiger partial charge in [-0.3, -0.25) is 9.59 Å². The molecule has 2 aliphatic rings. The summed E-state index contributed by atoms with van der Waals surface area (Å²) in [5.41, 5.74) is 1.17. The molecule has 1 aliphatic heterocycles. The summed E-state index contributed by atoms with van der Waals surface area (Å²) in [7, 11) is 0. The molecule has 0 bridgehead atoms. The predicted octanol–water partition coefficient (Wildman–Crippen LogP) is 2.06. The lowest BCUT2D eigenvalue weighted by Gasteiger charge is -2.34. The minimum absolute atomic E-state index is 0.0884. The van der Waals surface area contributed by atoms with Gasteiger partial charge < -0.3 is 14.4 Å². The van der Waals surface area contributed by atoms with Gasteiger partial charge in [0.05, 0.1) is 11.8 Å². The Balaban J connectivity index is 1.30. The molecule has 1 aromatic heterocycles. The molecule has 1 unspecified atom stereocenters. The zero-order valence-corrected chi connectivity index (χ0v) is 16.8. The number of nitrogens with zero attached hydrogens (tertiary/aromatic N) is 5. The molecule has 28 heavy (non-hydrogen) atoms. The lowest BCUT2D eigenvalue weighted by atomic mass is 10.1. The molecule has 1 aromatic carbocycles. The van der Waals surface area contributed by atoms with Crippen molar-refractivity contribution < 1.29 is 9.59 Å². The van der Waals surface area contributed by atoms with Crippen molar-refractivity contribution in [2.75, 3.05) is 31.9 Å². The lowest BCUT2D eigenvalue weighted by Crippen LogP contribution is -2.51. The van der Waals surface area contributed by atoms with Gasteiger partial charge in [0.1, 0.15) is 6.33 Å². The normalized spacial score (nSPS) is 18.2. The van der Waals surface area contributed by atoms with Gasteiger partial charge in [0.15, 0.2) is 5.16 Å². The monoisotopic (exact) mass is 399 g/mol. The molecule has 148 valence electrons. The average Bonchev–Trinajstić information content (AvgIpc) is 3.49. The fourth-order valence-electron chi connectivity index (χ4n) is 3.48. The molecule has 7 nitrogen and oxygen atoms in total. The van der Waals surface area contributed by atoms with Crippen LogP contribution in [0.1, 0.15) is 31.4 Å². The van der Waals surface area contributed by atoms with E-state index < -0.39 is 0 Å². The molecule has 2 amide bonds. The molecular formula is C20H25N5O2S. The molecular weight excluding hydrogens is 374 g/mol. The van der Waals surface area contributed by atoms with Gasteiger partial charge in [-0.15, -0.1) is 10.2 Å². The third-order valence-electron chi connectivity index (χ3n) is 5.43. The molecule has 2 heterocycles. The lowest BCUT2D eigenvalue weighted by molar-refractivity contribution is -0.139. The van der Waals surface area contributed by atoms with Crippen LogP contribution in [0.4, 0.5) is 0 Å². The second-order valence-corrected chi connectivity index (χ2v) is 8.32. The number of thioether (sulfide) groups is 1. The Bertz CT molecular complexity index is 828. The van der Waals surface area contributed by atoms with E-state index in [-0.39, 0.29) is 23.8 Å². The first-order valence-electron chi connectivity index (χ1n) is 9.77. The second kappa shape index (κ2) is 8.34. The number of rotatable bonds is 6. The van der Waals surface area contributed by atoms with Gasteiger partial charge >= 0.3 is 0 Å². The first-order chi connectivity index (χ1) is 13.6. The second-order valence-electron chi connectivity index (χ2n) is 7.38. The Hall–Kier alpha value is -2.35. The van der Waals surface area contributed by atoms with Crippen LogP contribution in [-0.2, 0) is 9.59 Å². The van der Waals surface area contributed by atoms with Crippen LogP contribution in [-0.4, -0.2) is 68.3 Å². The van der Waals surface area contributed by atoms with E-state index >= 15 is 0 Å². The summed E-state index contributed by atoms with van der Waals surface area (Å²) >= 11 is 1.42. The van der Waals surface area contributed by atoms with E-state index in [1.165, 1.54) is 17.3 Å². The molecule has 8 heteroatoms. The maximum atomic E-state index is 12.6. The number of aromatic nitrogens is 3. The van der Waals surface area contributed by atoms with Crippen molar-refractivity contribution in [3.05, 3.63) is 42.2 Å². The van der Waals surface area contributed by atoms with Crippen LogP contribution in [0.3, 0.4) is 0 Å². The number of piperazine rings is 1. The molecule has 2 aromatic rings. The van der Waals surface area contributed by atoms with Crippen LogP contribution in [0.15, 0.2) is 41.8 Å². The molecule has 0 spiro atoms. The van der Waals surface area contributed by atoms with Gasteiger partial charge in [0, 0.05) is 32.1 Å². The van der Waals surface area contributed by atoms with Crippen LogP contribution < -0.4 is 0 Å². The number of carbonyl (C=O) groups excluding carboxylic acids is 2. The van der Waals surface area contributed by atoms with Gasteiger partial charge in [-0.2, -0.15) is 0 Å².